The molecular weight excluding hydrogens is 428 g/mol. The van der Waals surface area contributed by atoms with Crippen LogP contribution in [0.1, 0.15) is 36.5 Å². The summed E-state index contributed by atoms with van der Waals surface area (Å²) in [6, 6.07) is 16.7. The van der Waals surface area contributed by atoms with Crippen molar-refractivity contribution in [3.05, 3.63) is 66.2 Å². The molecule has 0 spiro atoms. The number of para-hydroxylation sites is 1. The van der Waals surface area contributed by atoms with Gasteiger partial charge in [0.15, 0.2) is 0 Å². The van der Waals surface area contributed by atoms with E-state index in [2.05, 4.69) is 17.0 Å². The number of ether oxygens (including phenoxy) is 1. The van der Waals surface area contributed by atoms with Crippen LogP contribution in [-0.4, -0.2) is 39.3 Å². The Hall–Kier alpha value is -3.10. The molecule has 0 amide bonds. The lowest BCUT2D eigenvalue weighted by atomic mass is 10.0. The molecule has 0 radical (unpaired) electrons. The standard InChI is InChI=1S/C24H28N2O5S/c1-2-3-16-31-17-8-15-25-20-11-6-7-12-22(20)32(29,30)26-21-14-13-18-9-4-5-10-19(18)23(21)24(27)28/h4-7,9-14,25-26H,2-3,8,15-17H2,1H3,(H,27,28). The summed E-state index contributed by atoms with van der Waals surface area (Å²) in [6.07, 6.45) is 2.84. The van der Waals surface area contributed by atoms with E-state index in [4.69, 9.17) is 4.74 Å². The Bertz CT molecular complexity index is 1180. The molecule has 3 aromatic rings. The van der Waals surface area contributed by atoms with Gasteiger partial charge in [-0.15, -0.1) is 0 Å². The van der Waals surface area contributed by atoms with Gasteiger partial charge >= 0.3 is 5.97 Å². The van der Waals surface area contributed by atoms with Gasteiger partial charge in [0.2, 0.25) is 0 Å². The summed E-state index contributed by atoms with van der Waals surface area (Å²) in [4.78, 5) is 12.0. The number of unbranched alkanes of at least 4 members (excludes halogenated alkanes) is 1. The van der Waals surface area contributed by atoms with E-state index in [1.165, 1.54) is 12.1 Å². The molecule has 170 valence electrons. The first-order valence-electron chi connectivity index (χ1n) is 10.6. The van der Waals surface area contributed by atoms with Gasteiger partial charge in [0.05, 0.1) is 16.9 Å². The molecular formula is C24H28N2O5S. The van der Waals surface area contributed by atoms with Crippen LogP contribution < -0.4 is 10.0 Å². The van der Waals surface area contributed by atoms with E-state index in [0.29, 0.717) is 24.2 Å². The van der Waals surface area contributed by atoms with Crippen LogP contribution in [0, 0.1) is 0 Å². The van der Waals surface area contributed by atoms with Gasteiger partial charge in [-0.3, -0.25) is 4.72 Å². The molecule has 0 saturated carbocycles. The van der Waals surface area contributed by atoms with Gasteiger partial charge in [-0.2, -0.15) is 0 Å². The zero-order chi connectivity index (χ0) is 23.0. The normalized spacial score (nSPS) is 11.4. The third-order valence-corrected chi connectivity index (χ3v) is 6.41. The number of carboxylic acids is 1. The molecule has 0 heterocycles. The maximum atomic E-state index is 13.2. The summed E-state index contributed by atoms with van der Waals surface area (Å²) in [7, 11) is -4.03. The SMILES string of the molecule is CCCCOCCCNc1ccccc1S(=O)(=O)Nc1ccc2ccccc2c1C(=O)O. The van der Waals surface area contributed by atoms with E-state index >= 15 is 0 Å². The van der Waals surface area contributed by atoms with Gasteiger partial charge in [0.1, 0.15) is 4.90 Å². The summed E-state index contributed by atoms with van der Waals surface area (Å²) >= 11 is 0. The van der Waals surface area contributed by atoms with Crippen LogP contribution >= 0.6 is 0 Å². The van der Waals surface area contributed by atoms with Crippen molar-refractivity contribution in [2.75, 3.05) is 29.8 Å². The van der Waals surface area contributed by atoms with Crippen LogP contribution in [0.15, 0.2) is 65.6 Å². The monoisotopic (exact) mass is 456 g/mol. The Labute approximate surface area is 188 Å². The number of anilines is 2. The zero-order valence-corrected chi connectivity index (χ0v) is 18.8. The molecule has 3 N–H and O–H groups in total. The highest BCUT2D eigenvalue weighted by Crippen LogP contribution is 2.30. The fourth-order valence-corrected chi connectivity index (χ4v) is 4.64. The quantitative estimate of drug-likeness (QED) is 0.333. The molecule has 0 aliphatic rings. The van der Waals surface area contributed by atoms with Crippen molar-refractivity contribution in [1.29, 1.82) is 0 Å². The zero-order valence-electron chi connectivity index (χ0n) is 18.0. The third-order valence-electron chi connectivity index (χ3n) is 4.99. The largest absolute Gasteiger partial charge is 0.478 e. The number of rotatable bonds is 12. The minimum atomic E-state index is -4.03. The summed E-state index contributed by atoms with van der Waals surface area (Å²) in [6.45, 7) is 3.98. The van der Waals surface area contributed by atoms with Crippen LogP contribution in [-0.2, 0) is 14.8 Å². The van der Waals surface area contributed by atoms with Crippen molar-refractivity contribution in [2.24, 2.45) is 0 Å². The molecule has 0 aliphatic carbocycles. The lowest BCUT2D eigenvalue weighted by Crippen LogP contribution is -2.18. The van der Waals surface area contributed by atoms with Crippen LogP contribution in [0.3, 0.4) is 0 Å². The van der Waals surface area contributed by atoms with Gasteiger partial charge in [0.25, 0.3) is 10.0 Å². The molecule has 0 bridgehead atoms. The van der Waals surface area contributed by atoms with E-state index in [1.54, 1.807) is 48.5 Å². The maximum Gasteiger partial charge on any atom is 0.338 e. The Kier molecular flexibility index (Phi) is 8.08. The first-order valence-corrected chi connectivity index (χ1v) is 12.1. The lowest BCUT2D eigenvalue weighted by Gasteiger charge is -2.16. The molecule has 8 heteroatoms. The Morgan fingerprint density at radius 1 is 0.938 bits per heavy atom. The maximum absolute atomic E-state index is 13.2. The first kappa shape index (κ1) is 23.6. The van der Waals surface area contributed by atoms with Crippen molar-refractivity contribution >= 4 is 38.1 Å². The molecule has 0 saturated heterocycles. The molecule has 32 heavy (non-hydrogen) atoms. The molecule has 0 unspecified atom stereocenters. The predicted molar refractivity (Wildman–Crippen MR) is 127 cm³/mol. The van der Waals surface area contributed by atoms with Crippen molar-refractivity contribution in [3.8, 4) is 0 Å². The van der Waals surface area contributed by atoms with Gasteiger partial charge in [-0.05, 0) is 41.8 Å². The van der Waals surface area contributed by atoms with E-state index < -0.39 is 16.0 Å². The molecule has 3 aromatic carbocycles. The van der Waals surface area contributed by atoms with Crippen LogP contribution in [0.25, 0.3) is 10.8 Å². The molecule has 3 rings (SSSR count). The summed E-state index contributed by atoms with van der Waals surface area (Å²) in [5, 5.41) is 14.1. The second kappa shape index (κ2) is 11.0. The predicted octanol–water partition coefficient (Wildman–Crippen LogP) is 4.96. The number of sulfonamides is 1. The number of aromatic carboxylic acids is 1. The molecule has 0 aliphatic heterocycles. The second-order valence-electron chi connectivity index (χ2n) is 7.36. The fraction of sp³-hybridized carbons (Fsp3) is 0.292. The average Bonchev–Trinajstić information content (AvgIpc) is 2.78. The summed E-state index contributed by atoms with van der Waals surface area (Å²) < 4.78 is 34.3. The van der Waals surface area contributed by atoms with E-state index in [9.17, 15) is 18.3 Å². The van der Waals surface area contributed by atoms with Crippen molar-refractivity contribution in [2.45, 2.75) is 31.1 Å². The van der Waals surface area contributed by atoms with Crippen LogP contribution in [0.2, 0.25) is 0 Å². The Morgan fingerprint density at radius 2 is 1.66 bits per heavy atom. The number of benzene rings is 3. The fourth-order valence-electron chi connectivity index (χ4n) is 3.38. The van der Waals surface area contributed by atoms with Gasteiger partial charge in [-0.1, -0.05) is 55.8 Å². The highest BCUT2D eigenvalue weighted by atomic mass is 32.2. The minimum absolute atomic E-state index is 0.0235. The molecule has 7 nitrogen and oxygen atoms in total. The van der Waals surface area contributed by atoms with Crippen molar-refractivity contribution in [1.82, 2.24) is 0 Å². The summed E-state index contributed by atoms with van der Waals surface area (Å²) in [5.74, 6) is -1.20. The van der Waals surface area contributed by atoms with E-state index in [-0.39, 0.29) is 16.1 Å². The van der Waals surface area contributed by atoms with Crippen molar-refractivity contribution < 1.29 is 23.1 Å². The number of fused-ring (bicyclic) bond motifs is 1. The Balaban J connectivity index is 1.79. The third kappa shape index (κ3) is 5.77. The van der Waals surface area contributed by atoms with Crippen LogP contribution in [0.4, 0.5) is 11.4 Å². The number of carbonyl (C=O) groups is 1. The second-order valence-corrected chi connectivity index (χ2v) is 9.01. The highest BCUT2D eigenvalue weighted by molar-refractivity contribution is 7.92. The first-order chi connectivity index (χ1) is 15.4. The van der Waals surface area contributed by atoms with Gasteiger partial charge in [0, 0.05) is 19.8 Å². The lowest BCUT2D eigenvalue weighted by molar-refractivity contribution is 0.0700. The molecule has 0 fully saturated rings. The van der Waals surface area contributed by atoms with Crippen molar-refractivity contribution in [3.63, 3.8) is 0 Å². The minimum Gasteiger partial charge on any atom is -0.478 e. The topological polar surface area (TPSA) is 105 Å². The summed E-state index contributed by atoms with van der Waals surface area (Å²) in [5.41, 5.74) is 0.392. The Morgan fingerprint density at radius 3 is 2.44 bits per heavy atom. The smallest absolute Gasteiger partial charge is 0.338 e. The van der Waals surface area contributed by atoms with Gasteiger partial charge < -0.3 is 15.2 Å². The number of hydrogen-bond acceptors (Lipinski definition) is 5. The molecule has 0 aromatic heterocycles. The highest BCUT2D eigenvalue weighted by Gasteiger charge is 2.22. The molecule has 0 atom stereocenters. The van der Waals surface area contributed by atoms with E-state index in [0.717, 1.165) is 31.3 Å². The van der Waals surface area contributed by atoms with Crippen LogP contribution in [0.5, 0.6) is 0 Å². The average molecular weight is 457 g/mol. The van der Waals surface area contributed by atoms with Gasteiger partial charge in [-0.25, -0.2) is 13.2 Å². The number of carboxylic acid groups (broad SMARTS) is 1. The number of hydrogen-bond donors (Lipinski definition) is 3. The number of nitrogens with one attached hydrogen (secondary N) is 2. The van der Waals surface area contributed by atoms with E-state index in [1.807, 2.05) is 0 Å².